The fourth-order valence-electron chi connectivity index (χ4n) is 0.585. The summed E-state index contributed by atoms with van der Waals surface area (Å²) >= 11 is 0. The summed E-state index contributed by atoms with van der Waals surface area (Å²) in [7, 11) is 1.58. The van der Waals surface area contributed by atoms with Gasteiger partial charge in [0.05, 0.1) is 7.11 Å². The predicted molar refractivity (Wildman–Crippen MR) is 43.0 cm³/mol. The molecule has 0 atom stereocenters. The lowest BCUT2D eigenvalue weighted by Gasteiger charge is -2.00. The molecule has 0 aromatic carbocycles. The van der Waals surface area contributed by atoms with E-state index in [4.69, 9.17) is 0 Å². The van der Waals surface area contributed by atoms with Gasteiger partial charge in [0.15, 0.2) is 0 Å². The zero-order valence-corrected chi connectivity index (χ0v) is 6.98. The number of unbranched alkanes of at least 4 members (excludes halogenated alkanes) is 1. The van der Waals surface area contributed by atoms with Crippen molar-refractivity contribution < 1.29 is 4.84 Å². The van der Waals surface area contributed by atoms with Gasteiger partial charge in [-0.1, -0.05) is 13.3 Å². The van der Waals surface area contributed by atoms with Crippen molar-refractivity contribution in [1.82, 2.24) is 5.48 Å². The first-order valence-corrected chi connectivity index (χ1v) is 3.61. The van der Waals surface area contributed by atoms with E-state index in [0.29, 0.717) is 0 Å². The van der Waals surface area contributed by atoms with Crippen LogP contribution >= 0.6 is 0 Å². The van der Waals surface area contributed by atoms with Crippen molar-refractivity contribution in [3.05, 3.63) is 0 Å². The average Bonchev–Trinajstić information content (AvgIpc) is 1.89. The molecule has 0 fully saturated rings. The minimum absolute atomic E-state index is 0.843. The van der Waals surface area contributed by atoms with Gasteiger partial charge in [-0.05, 0) is 13.3 Å². The normalized spacial score (nSPS) is 11.7. The molecule has 0 bridgehead atoms. The van der Waals surface area contributed by atoms with E-state index in [1.54, 1.807) is 7.11 Å². The lowest BCUT2D eigenvalue weighted by Crippen LogP contribution is -2.18. The molecular formula is C7H16N2O. The molecule has 0 aliphatic rings. The summed E-state index contributed by atoms with van der Waals surface area (Å²) in [5.74, 6) is 0.843. The summed E-state index contributed by atoms with van der Waals surface area (Å²) < 4.78 is 0. The second kappa shape index (κ2) is 6.55. The van der Waals surface area contributed by atoms with Crippen LogP contribution in [0.5, 0.6) is 0 Å². The van der Waals surface area contributed by atoms with Gasteiger partial charge in [-0.25, -0.2) is 0 Å². The Morgan fingerprint density at radius 2 is 2.30 bits per heavy atom. The van der Waals surface area contributed by atoms with Gasteiger partial charge in [-0.3, -0.25) is 15.3 Å². The third kappa shape index (κ3) is 5.56. The zero-order valence-electron chi connectivity index (χ0n) is 6.98. The zero-order chi connectivity index (χ0) is 7.82. The molecule has 0 aromatic rings. The molecule has 0 amide bonds. The third-order valence-electron chi connectivity index (χ3n) is 1.11. The predicted octanol–water partition coefficient (Wildman–Crippen LogP) is 1.36. The van der Waals surface area contributed by atoms with Crippen molar-refractivity contribution in [3.63, 3.8) is 0 Å². The molecule has 0 aliphatic carbocycles. The van der Waals surface area contributed by atoms with Crippen LogP contribution in [0.25, 0.3) is 0 Å². The first kappa shape index (κ1) is 9.43. The maximum absolute atomic E-state index is 4.65. The van der Waals surface area contributed by atoms with E-state index >= 15 is 0 Å². The Balaban J connectivity index is 3.28. The van der Waals surface area contributed by atoms with E-state index in [9.17, 15) is 0 Å². The average molecular weight is 144 g/mol. The number of hydroxylamine groups is 1. The van der Waals surface area contributed by atoms with Crippen LogP contribution in [0.4, 0.5) is 0 Å². The smallest absolute Gasteiger partial charge is 0.117 e. The first-order chi connectivity index (χ1) is 4.81. The van der Waals surface area contributed by atoms with E-state index in [-0.39, 0.29) is 0 Å². The Morgan fingerprint density at radius 3 is 2.80 bits per heavy atom. The lowest BCUT2D eigenvalue weighted by atomic mass is 10.3. The summed E-state index contributed by atoms with van der Waals surface area (Å²) in [5.41, 5.74) is 2.65. The Bertz CT molecular complexity index is 102. The van der Waals surface area contributed by atoms with Crippen molar-refractivity contribution in [2.24, 2.45) is 4.99 Å². The fraction of sp³-hybridized carbons (Fsp3) is 0.857. The highest BCUT2D eigenvalue weighted by molar-refractivity contribution is 5.78. The van der Waals surface area contributed by atoms with Crippen molar-refractivity contribution in [2.45, 2.75) is 26.7 Å². The molecule has 0 radical (unpaired) electrons. The molecular weight excluding hydrogens is 128 g/mol. The maximum Gasteiger partial charge on any atom is 0.117 e. The van der Waals surface area contributed by atoms with Crippen LogP contribution < -0.4 is 5.48 Å². The number of nitrogens with one attached hydrogen (secondary N) is 1. The quantitative estimate of drug-likeness (QED) is 0.280. The van der Waals surface area contributed by atoms with Crippen LogP contribution in [0.3, 0.4) is 0 Å². The van der Waals surface area contributed by atoms with Crippen LogP contribution in [-0.2, 0) is 4.84 Å². The van der Waals surface area contributed by atoms with Crippen LogP contribution in [0, 0.1) is 0 Å². The van der Waals surface area contributed by atoms with E-state index < -0.39 is 0 Å². The van der Waals surface area contributed by atoms with Crippen LogP contribution in [-0.4, -0.2) is 19.5 Å². The van der Waals surface area contributed by atoms with Gasteiger partial charge in [0.2, 0.25) is 0 Å². The summed E-state index contributed by atoms with van der Waals surface area (Å²) in [6.45, 7) is 4.92. The SMILES string of the molecule is CCCCN=C(C)NOC. The monoisotopic (exact) mass is 144 g/mol. The fourth-order valence-corrected chi connectivity index (χ4v) is 0.585. The van der Waals surface area contributed by atoms with Crippen molar-refractivity contribution in [1.29, 1.82) is 0 Å². The number of rotatable bonds is 4. The number of aliphatic imine (C=N–C) groups is 1. The molecule has 3 nitrogen and oxygen atoms in total. The molecule has 0 aromatic heterocycles. The van der Waals surface area contributed by atoms with E-state index in [0.717, 1.165) is 18.8 Å². The summed E-state index contributed by atoms with van der Waals surface area (Å²) in [4.78, 5) is 8.84. The Morgan fingerprint density at radius 1 is 1.60 bits per heavy atom. The second-order valence-corrected chi connectivity index (χ2v) is 2.13. The van der Waals surface area contributed by atoms with Crippen molar-refractivity contribution >= 4 is 5.84 Å². The molecule has 10 heavy (non-hydrogen) atoms. The Kier molecular flexibility index (Phi) is 6.18. The lowest BCUT2D eigenvalue weighted by molar-refractivity contribution is 0.143. The first-order valence-electron chi connectivity index (χ1n) is 3.61. The van der Waals surface area contributed by atoms with Gasteiger partial charge in [0.25, 0.3) is 0 Å². The molecule has 0 spiro atoms. The second-order valence-electron chi connectivity index (χ2n) is 2.13. The summed E-state index contributed by atoms with van der Waals surface area (Å²) in [6.07, 6.45) is 2.33. The van der Waals surface area contributed by atoms with Gasteiger partial charge < -0.3 is 0 Å². The molecule has 0 saturated carbocycles. The Labute approximate surface area is 62.4 Å². The summed E-state index contributed by atoms with van der Waals surface area (Å²) in [5, 5.41) is 0. The topological polar surface area (TPSA) is 33.6 Å². The highest BCUT2D eigenvalue weighted by atomic mass is 16.6. The van der Waals surface area contributed by atoms with Crippen molar-refractivity contribution in [2.75, 3.05) is 13.7 Å². The number of hydrogen-bond acceptors (Lipinski definition) is 2. The van der Waals surface area contributed by atoms with Gasteiger partial charge in [0.1, 0.15) is 5.84 Å². The molecule has 0 heterocycles. The molecule has 0 unspecified atom stereocenters. The number of nitrogens with zero attached hydrogens (tertiary/aromatic N) is 1. The van der Waals surface area contributed by atoms with Gasteiger partial charge in [-0.15, -0.1) is 0 Å². The van der Waals surface area contributed by atoms with Gasteiger partial charge in [-0.2, -0.15) is 0 Å². The van der Waals surface area contributed by atoms with E-state index in [1.807, 2.05) is 6.92 Å². The van der Waals surface area contributed by atoms with Crippen LogP contribution in [0.2, 0.25) is 0 Å². The minimum atomic E-state index is 0.843. The highest BCUT2D eigenvalue weighted by Crippen LogP contribution is 1.86. The van der Waals surface area contributed by atoms with Crippen molar-refractivity contribution in [3.8, 4) is 0 Å². The molecule has 0 saturated heterocycles. The highest BCUT2D eigenvalue weighted by Gasteiger charge is 1.84. The molecule has 60 valence electrons. The van der Waals surface area contributed by atoms with Crippen LogP contribution in [0.1, 0.15) is 26.7 Å². The van der Waals surface area contributed by atoms with Gasteiger partial charge in [0, 0.05) is 6.54 Å². The summed E-state index contributed by atoms with van der Waals surface area (Å²) in [6, 6.07) is 0. The molecule has 0 rings (SSSR count). The molecule has 1 N–H and O–H groups in total. The largest absolute Gasteiger partial charge is 0.278 e. The van der Waals surface area contributed by atoms with Crippen LogP contribution in [0.15, 0.2) is 4.99 Å². The Hall–Kier alpha value is -0.570. The standard InChI is InChI=1S/C7H16N2O/c1-4-5-6-8-7(2)9-10-3/h4-6H2,1-3H3,(H,8,9). The number of amidine groups is 1. The third-order valence-corrected chi connectivity index (χ3v) is 1.11. The maximum atomic E-state index is 4.65. The molecule has 3 heteroatoms. The van der Waals surface area contributed by atoms with E-state index in [2.05, 4.69) is 22.2 Å². The molecule has 0 aliphatic heterocycles. The number of hydrogen-bond donors (Lipinski definition) is 1. The minimum Gasteiger partial charge on any atom is -0.278 e. The van der Waals surface area contributed by atoms with E-state index in [1.165, 1.54) is 6.42 Å². The van der Waals surface area contributed by atoms with Gasteiger partial charge >= 0.3 is 0 Å².